The highest BCUT2D eigenvalue weighted by Gasteiger charge is 2.23. The van der Waals surface area contributed by atoms with Gasteiger partial charge in [-0.05, 0) is 35.4 Å². The molecule has 0 radical (unpaired) electrons. The number of nitrogens with one attached hydrogen (secondary N) is 1. The number of nitrogens with zero attached hydrogens (tertiary/aromatic N) is 4. The van der Waals surface area contributed by atoms with E-state index in [1.54, 1.807) is 23.1 Å². The fourth-order valence-corrected chi connectivity index (χ4v) is 2.78. The second kappa shape index (κ2) is 6.55. The van der Waals surface area contributed by atoms with Crippen molar-refractivity contribution in [1.82, 2.24) is 25.5 Å². The number of amides is 1. The standard InChI is InChI=1S/C15H19N5O2/c1-20(12-7-3-2-4-8-12)15(21)22-13-9-5-6-11(10-13)14-16-18-19-17-14/h5-6,9-10,12H,2-4,7-8H2,1H3,(H,16,17,18,19). The Morgan fingerprint density at radius 3 is 2.86 bits per heavy atom. The van der Waals surface area contributed by atoms with Crippen LogP contribution >= 0.6 is 0 Å². The topological polar surface area (TPSA) is 84.0 Å². The van der Waals surface area contributed by atoms with Crippen molar-refractivity contribution in [3.05, 3.63) is 24.3 Å². The van der Waals surface area contributed by atoms with Gasteiger partial charge in [0.1, 0.15) is 5.75 Å². The van der Waals surface area contributed by atoms with E-state index in [1.165, 1.54) is 19.3 Å². The van der Waals surface area contributed by atoms with Crippen LogP contribution in [0.4, 0.5) is 4.79 Å². The lowest BCUT2D eigenvalue weighted by Gasteiger charge is -2.30. The van der Waals surface area contributed by atoms with E-state index in [-0.39, 0.29) is 12.1 Å². The van der Waals surface area contributed by atoms with Crippen LogP contribution in [0.25, 0.3) is 11.4 Å². The number of carbonyl (C=O) groups excluding carboxylic acids is 1. The van der Waals surface area contributed by atoms with Crippen LogP contribution in [-0.2, 0) is 0 Å². The molecule has 3 rings (SSSR count). The van der Waals surface area contributed by atoms with Gasteiger partial charge in [-0.3, -0.25) is 0 Å². The van der Waals surface area contributed by atoms with E-state index < -0.39 is 0 Å². The number of ether oxygens (including phenoxy) is 1. The van der Waals surface area contributed by atoms with Crippen LogP contribution in [-0.4, -0.2) is 44.7 Å². The van der Waals surface area contributed by atoms with Gasteiger partial charge in [-0.2, -0.15) is 0 Å². The van der Waals surface area contributed by atoms with E-state index in [2.05, 4.69) is 20.6 Å². The predicted octanol–water partition coefficient (Wildman–Crippen LogP) is 2.63. The minimum absolute atomic E-state index is 0.280. The number of H-pyrrole nitrogens is 1. The summed E-state index contributed by atoms with van der Waals surface area (Å²) in [6, 6.07) is 7.43. The van der Waals surface area contributed by atoms with Crippen molar-refractivity contribution in [2.45, 2.75) is 38.1 Å². The van der Waals surface area contributed by atoms with Gasteiger partial charge in [-0.25, -0.2) is 9.89 Å². The molecule has 0 spiro atoms. The minimum Gasteiger partial charge on any atom is -0.410 e. The van der Waals surface area contributed by atoms with Gasteiger partial charge in [0, 0.05) is 18.7 Å². The van der Waals surface area contributed by atoms with E-state index in [9.17, 15) is 4.79 Å². The zero-order valence-electron chi connectivity index (χ0n) is 12.5. The molecule has 1 N–H and O–H groups in total. The highest BCUT2D eigenvalue weighted by molar-refractivity contribution is 5.71. The maximum Gasteiger partial charge on any atom is 0.415 e. The van der Waals surface area contributed by atoms with Crippen LogP contribution in [0.2, 0.25) is 0 Å². The molecule has 0 atom stereocenters. The monoisotopic (exact) mass is 301 g/mol. The molecule has 1 aliphatic carbocycles. The fourth-order valence-electron chi connectivity index (χ4n) is 2.78. The summed E-state index contributed by atoms with van der Waals surface area (Å²) >= 11 is 0. The summed E-state index contributed by atoms with van der Waals surface area (Å²) in [7, 11) is 1.81. The van der Waals surface area contributed by atoms with Crippen molar-refractivity contribution in [1.29, 1.82) is 0 Å². The highest BCUT2D eigenvalue weighted by Crippen LogP contribution is 2.24. The molecule has 1 aromatic heterocycles. The van der Waals surface area contributed by atoms with Gasteiger partial charge < -0.3 is 9.64 Å². The van der Waals surface area contributed by atoms with Crippen LogP contribution in [0.5, 0.6) is 5.75 Å². The number of aromatic amines is 1. The van der Waals surface area contributed by atoms with E-state index in [4.69, 9.17) is 4.74 Å². The lowest BCUT2D eigenvalue weighted by molar-refractivity contribution is 0.133. The second-order valence-corrected chi connectivity index (χ2v) is 5.55. The molecule has 22 heavy (non-hydrogen) atoms. The maximum atomic E-state index is 12.3. The zero-order chi connectivity index (χ0) is 15.4. The molecule has 2 aromatic rings. The Labute approximate surface area is 128 Å². The van der Waals surface area contributed by atoms with Crippen LogP contribution in [0.1, 0.15) is 32.1 Å². The van der Waals surface area contributed by atoms with Crippen LogP contribution in [0, 0.1) is 0 Å². The SMILES string of the molecule is CN(C(=O)Oc1cccc(-c2nnn[nH]2)c1)C1CCCCC1. The second-order valence-electron chi connectivity index (χ2n) is 5.55. The van der Waals surface area contributed by atoms with Crippen molar-refractivity contribution >= 4 is 6.09 Å². The molecule has 7 heteroatoms. The summed E-state index contributed by atoms with van der Waals surface area (Å²) in [5, 5.41) is 13.6. The summed E-state index contributed by atoms with van der Waals surface area (Å²) in [5.41, 5.74) is 0.774. The van der Waals surface area contributed by atoms with Gasteiger partial charge in [0.15, 0.2) is 5.82 Å². The van der Waals surface area contributed by atoms with E-state index in [0.29, 0.717) is 11.6 Å². The van der Waals surface area contributed by atoms with Crippen molar-refractivity contribution < 1.29 is 9.53 Å². The minimum atomic E-state index is -0.320. The Hall–Kier alpha value is -2.44. The molecule has 1 fully saturated rings. The van der Waals surface area contributed by atoms with Gasteiger partial charge in [0.2, 0.25) is 0 Å². The Balaban J connectivity index is 1.67. The molecule has 0 saturated heterocycles. The third kappa shape index (κ3) is 3.24. The summed E-state index contributed by atoms with van der Waals surface area (Å²) < 4.78 is 5.47. The average molecular weight is 301 g/mol. The largest absolute Gasteiger partial charge is 0.415 e. The molecular formula is C15H19N5O2. The molecule has 0 bridgehead atoms. The summed E-state index contributed by atoms with van der Waals surface area (Å²) in [5.74, 6) is 1.03. The number of rotatable bonds is 3. The smallest absolute Gasteiger partial charge is 0.410 e. The molecule has 1 heterocycles. The number of benzene rings is 1. The van der Waals surface area contributed by atoms with Crippen molar-refractivity contribution in [2.24, 2.45) is 0 Å². The van der Waals surface area contributed by atoms with Crippen molar-refractivity contribution in [3.63, 3.8) is 0 Å². The lowest BCUT2D eigenvalue weighted by atomic mass is 9.95. The van der Waals surface area contributed by atoms with Gasteiger partial charge in [0.05, 0.1) is 0 Å². The molecule has 116 valence electrons. The normalized spacial score (nSPS) is 15.5. The lowest BCUT2D eigenvalue weighted by Crippen LogP contribution is -2.39. The number of hydrogen-bond acceptors (Lipinski definition) is 5. The van der Waals surface area contributed by atoms with E-state index in [1.807, 2.05) is 13.1 Å². The Kier molecular flexibility index (Phi) is 4.32. The molecule has 7 nitrogen and oxygen atoms in total. The van der Waals surface area contributed by atoms with Crippen molar-refractivity contribution in [2.75, 3.05) is 7.05 Å². The Bertz CT molecular complexity index is 623. The maximum absolute atomic E-state index is 12.3. The first-order chi connectivity index (χ1) is 10.7. The number of hydrogen-bond donors (Lipinski definition) is 1. The fraction of sp³-hybridized carbons (Fsp3) is 0.467. The Morgan fingerprint density at radius 2 is 2.14 bits per heavy atom. The zero-order valence-corrected chi connectivity index (χ0v) is 12.5. The quantitative estimate of drug-likeness (QED) is 0.942. The summed E-state index contributed by atoms with van der Waals surface area (Å²) in [6.45, 7) is 0. The number of carbonyl (C=O) groups is 1. The predicted molar refractivity (Wildman–Crippen MR) is 80.3 cm³/mol. The van der Waals surface area contributed by atoms with Crippen LogP contribution in [0.15, 0.2) is 24.3 Å². The first-order valence-electron chi connectivity index (χ1n) is 7.53. The van der Waals surface area contributed by atoms with Crippen LogP contribution < -0.4 is 4.74 Å². The van der Waals surface area contributed by atoms with Gasteiger partial charge in [-0.15, -0.1) is 5.10 Å². The third-order valence-electron chi connectivity index (χ3n) is 4.07. The average Bonchev–Trinajstić information content (AvgIpc) is 3.10. The molecule has 1 saturated carbocycles. The molecule has 0 unspecified atom stereocenters. The highest BCUT2D eigenvalue weighted by atomic mass is 16.6. The summed E-state index contributed by atoms with van der Waals surface area (Å²) in [6.07, 6.45) is 5.39. The number of aromatic nitrogens is 4. The van der Waals surface area contributed by atoms with Gasteiger partial charge in [-0.1, -0.05) is 31.4 Å². The molecule has 1 amide bonds. The van der Waals surface area contributed by atoms with Crippen molar-refractivity contribution in [3.8, 4) is 17.1 Å². The van der Waals surface area contributed by atoms with Gasteiger partial charge in [0.25, 0.3) is 0 Å². The first kappa shape index (κ1) is 14.5. The molecule has 0 aliphatic heterocycles. The van der Waals surface area contributed by atoms with Gasteiger partial charge >= 0.3 is 6.09 Å². The van der Waals surface area contributed by atoms with Crippen LogP contribution in [0.3, 0.4) is 0 Å². The molecule has 1 aliphatic rings. The number of tetrazole rings is 1. The van der Waals surface area contributed by atoms with E-state index >= 15 is 0 Å². The molecule has 1 aromatic carbocycles. The summed E-state index contributed by atoms with van der Waals surface area (Å²) in [4.78, 5) is 14.0. The Morgan fingerprint density at radius 1 is 1.32 bits per heavy atom. The third-order valence-corrected chi connectivity index (χ3v) is 4.07. The first-order valence-corrected chi connectivity index (χ1v) is 7.53. The van der Waals surface area contributed by atoms with E-state index in [0.717, 1.165) is 18.4 Å². The molecular weight excluding hydrogens is 282 g/mol.